The first-order chi connectivity index (χ1) is 17.0. The van der Waals surface area contributed by atoms with Gasteiger partial charge in [-0.1, -0.05) is 49.6 Å². The van der Waals surface area contributed by atoms with Gasteiger partial charge in [0.2, 0.25) is 11.7 Å². The van der Waals surface area contributed by atoms with E-state index in [2.05, 4.69) is 15.6 Å². The average molecular weight is 477 g/mol. The maximum atomic E-state index is 13.7. The molecule has 2 fully saturated rings. The van der Waals surface area contributed by atoms with Gasteiger partial charge >= 0.3 is 0 Å². The van der Waals surface area contributed by atoms with Gasteiger partial charge in [-0.05, 0) is 43.4 Å². The second kappa shape index (κ2) is 11.7. The molecule has 1 unspecified atom stereocenters. The normalized spacial score (nSPS) is 19.1. The molecule has 1 aliphatic heterocycles. The number of likely N-dealkylation sites (tertiary alicyclic amines) is 1. The summed E-state index contributed by atoms with van der Waals surface area (Å²) in [7, 11) is 0. The summed E-state index contributed by atoms with van der Waals surface area (Å²) in [6.07, 6.45) is 9.37. The van der Waals surface area contributed by atoms with Crippen molar-refractivity contribution in [2.75, 3.05) is 6.54 Å². The van der Waals surface area contributed by atoms with Gasteiger partial charge < -0.3 is 15.5 Å². The molecule has 1 aromatic heterocycles. The highest BCUT2D eigenvalue weighted by Gasteiger charge is 2.40. The van der Waals surface area contributed by atoms with E-state index < -0.39 is 29.7 Å². The first kappa shape index (κ1) is 24.6. The van der Waals surface area contributed by atoms with Gasteiger partial charge in [0.05, 0.1) is 5.56 Å². The quantitative estimate of drug-likeness (QED) is 0.569. The Labute approximate surface area is 205 Å². The highest BCUT2D eigenvalue weighted by molar-refractivity contribution is 6.38. The van der Waals surface area contributed by atoms with E-state index in [-0.39, 0.29) is 18.4 Å². The fourth-order valence-corrected chi connectivity index (χ4v) is 4.95. The van der Waals surface area contributed by atoms with Crippen LogP contribution in [-0.2, 0) is 20.8 Å². The minimum Gasteiger partial charge on any atom is -0.347 e. The Balaban J connectivity index is 1.48. The number of Topliss-reactive ketones (excluding diaryl/α,β-unsaturated/α-hetero) is 1. The standard InChI is InChI=1S/C27H32N4O4/c32-24(26(34)29-21-12-5-2-6-13-21)23-14-8-16-31(23)27(35)22(17-19-9-3-1-4-10-19)30-25(33)20-11-7-15-28-18-20/h1,3-4,7,9-11,15,18,21-23H,2,5-6,8,12-14,16-17H2,(H,29,34)(H,30,33)/t22-,23?/m0/s1. The first-order valence-electron chi connectivity index (χ1n) is 12.4. The molecule has 0 spiro atoms. The van der Waals surface area contributed by atoms with Gasteiger partial charge in [-0.3, -0.25) is 24.2 Å². The predicted octanol–water partition coefficient (Wildman–Crippen LogP) is 2.43. The van der Waals surface area contributed by atoms with Crippen molar-refractivity contribution in [1.82, 2.24) is 20.5 Å². The number of nitrogens with one attached hydrogen (secondary N) is 2. The SMILES string of the molecule is O=C(NC1CCCCC1)C(=O)C1CCCN1C(=O)[C@H](Cc1ccccc1)NC(=O)c1cccnc1. The Morgan fingerprint density at radius 3 is 2.43 bits per heavy atom. The summed E-state index contributed by atoms with van der Waals surface area (Å²) < 4.78 is 0. The van der Waals surface area contributed by atoms with Crippen LogP contribution in [-0.4, -0.2) is 58.1 Å². The molecule has 1 saturated heterocycles. The van der Waals surface area contributed by atoms with E-state index in [1.165, 1.54) is 11.1 Å². The van der Waals surface area contributed by atoms with Crippen molar-refractivity contribution in [3.05, 3.63) is 66.0 Å². The molecule has 184 valence electrons. The summed E-state index contributed by atoms with van der Waals surface area (Å²) in [5.74, 6) is -1.95. The van der Waals surface area contributed by atoms with Gasteiger partial charge in [-0.25, -0.2) is 0 Å². The van der Waals surface area contributed by atoms with E-state index in [4.69, 9.17) is 0 Å². The molecule has 4 rings (SSSR count). The monoisotopic (exact) mass is 476 g/mol. The lowest BCUT2D eigenvalue weighted by molar-refractivity contribution is -0.145. The van der Waals surface area contributed by atoms with Crippen LogP contribution in [0, 0.1) is 0 Å². The molecule has 8 heteroatoms. The first-order valence-corrected chi connectivity index (χ1v) is 12.4. The zero-order chi connectivity index (χ0) is 24.6. The maximum Gasteiger partial charge on any atom is 0.289 e. The zero-order valence-electron chi connectivity index (χ0n) is 19.8. The predicted molar refractivity (Wildman–Crippen MR) is 130 cm³/mol. The van der Waals surface area contributed by atoms with Gasteiger partial charge in [0, 0.05) is 31.4 Å². The van der Waals surface area contributed by atoms with E-state index >= 15 is 0 Å². The summed E-state index contributed by atoms with van der Waals surface area (Å²) in [5, 5.41) is 5.71. The van der Waals surface area contributed by atoms with Crippen LogP contribution < -0.4 is 10.6 Å². The lowest BCUT2D eigenvalue weighted by atomic mass is 9.95. The number of aromatic nitrogens is 1. The van der Waals surface area contributed by atoms with Gasteiger partial charge in [0.1, 0.15) is 12.1 Å². The number of amides is 3. The molecule has 1 aromatic carbocycles. The third-order valence-electron chi connectivity index (χ3n) is 6.81. The van der Waals surface area contributed by atoms with Crippen molar-refractivity contribution >= 4 is 23.5 Å². The number of carbonyl (C=O) groups is 4. The summed E-state index contributed by atoms with van der Waals surface area (Å²) in [6, 6.07) is 11.0. The molecule has 3 amide bonds. The van der Waals surface area contributed by atoms with Gasteiger partial charge in [-0.2, -0.15) is 0 Å². The van der Waals surface area contributed by atoms with Crippen LogP contribution >= 0.6 is 0 Å². The van der Waals surface area contributed by atoms with Crippen LogP contribution in [0.4, 0.5) is 0 Å². The Morgan fingerprint density at radius 1 is 0.943 bits per heavy atom. The number of nitrogens with zero attached hydrogens (tertiary/aromatic N) is 2. The molecule has 2 atom stereocenters. The molecule has 2 N–H and O–H groups in total. The number of hydrogen-bond donors (Lipinski definition) is 2. The van der Waals surface area contributed by atoms with Gasteiger partial charge in [0.25, 0.3) is 11.8 Å². The second-order valence-corrected chi connectivity index (χ2v) is 9.32. The number of ketones is 1. The number of pyridine rings is 1. The van der Waals surface area contributed by atoms with Crippen LogP contribution in [0.1, 0.15) is 60.9 Å². The highest BCUT2D eigenvalue weighted by atomic mass is 16.2. The Morgan fingerprint density at radius 2 is 1.71 bits per heavy atom. The van der Waals surface area contributed by atoms with Crippen molar-refractivity contribution in [3.63, 3.8) is 0 Å². The van der Waals surface area contributed by atoms with Crippen molar-refractivity contribution in [2.24, 2.45) is 0 Å². The number of carbonyl (C=O) groups excluding carboxylic acids is 4. The number of hydrogen-bond acceptors (Lipinski definition) is 5. The molecule has 8 nitrogen and oxygen atoms in total. The van der Waals surface area contributed by atoms with Crippen LogP contribution in [0.3, 0.4) is 0 Å². The fraction of sp³-hybridized carbons (Fsp3) is 0.444. The second-order valence-electron chi connectivity index (χ2n) is 9.32. The van der Waals surface area contributed by atoms with Crippen molar-refractivity contribution in [1.29, 1.82) is 0 Å². The molecule has 1 saturated carbocycles. The van der Waals surface area contributed by atoms with Crippen LogP contribution in [0.15, 0.2) is 54.9 Å². The molecule has 0 radical (unpaired) electrons. The minimum absolute atomic E-state index is 0.0235. The van der Waals surface area contributed by atoms with E-state index in [1.54, 1.807) is 18.3 Å². The molecular weight excluding hydrogens is 444 g/mol. The van der Waals surface area contributed by atoms with Crippen molar-refractivity contribution in [2.45, 2.75) is 69.5 Å². The van der Waals surface area contributed by atoms with Crippen LogP contribution in [0.2, 0.25) is 0 Å². The van der Waals surface area contributed by atoms with Crippen LogP contribution in [0.25, 0.3) is 0 Å². The lowest BCUT2D eigenvalue weighted by Gasteiger charge is -2.29. The molecule has 0 bridgehead atoms. The van der Waals surface area contributed by atoms with E-state index in [9.17, 15) is 19.2 Å². The zero-order valence-corrected chi connectivity index (χ0v) is 19.8. The summed E-state index contributed by atoms with van der Waals surface area (Å²) >= 11 is 0. The Bertz CT molecular complexity index is 1040. The third-order valence-corrected chi connectivity index (χ3v) is 6.81. The van der Waals surface area contributed by atoms with E-state index in [1.807, 2.05) is 30.3 Å². The molecule has 2 heterocycles. The van der Waals surface area contributed by atoms with Gasteiger partial charge in [-0.15, -0.1) is 0 Å². The summed E-state index contributed by atoms with van der Waals surface area (Å²) in [6.45, 7) is 0.375. The highest BCUT2D eigenvalue weighted by Crippen LogP contribution is 2.22. The molecule has 35 heavy (non-hydrogen) atoms. The number of rotatable bonds is 8. The van der Waals surface area contributed by atoms with Gasteiger partial charge in [0.15, 0.2) is 0 Å². The largest absolute Gasteiger partial charge is 0.347 e. The van der Waals surface area contributed by atoms with Crippen molar-refractivity contribution in [3.8, 4) is 0 Å². The summed E-state index contributed by atoms with van der Waals surface area (Å²) in [5.41, 5.74) is 1.23. The third kappa shape index (κ3) is 6.32. The topological polar surface area (TPSA) is 108 Å². The smallest absolute Gasteiger partial charge is 0.289 e. The molecule has 1 aliphatic carbocycles. The maximum absolute atomic E-state index is 13.7. The fourth-order valence-electron chi connectivity index (χ4n) is 4.95. The molecule has 2 aliphatic rings. The Kier molecular flexibility index (Phi) is 8.23. The minimum atomic E-state index is -0.875. The summed E-state index contributed by atoms with van der Waals surface area (Å²) in [4.78, 5) is 57.7. The van der Waals surface area contributed by atoms with Crippen molar-refractivity contribution < 1.29 is 19.2 Å². The molecular formula is C27H32N4O4. The number of benzene rings is 1. The lowest BCUT2D eigenvalue weighted by Crippen LogP contribution is -2.55. The van der Waals surface area contributed by atoms with Crippen LogP contribution in [0.5, 0.6) is 0 Å². The Hall–Kier alpha value is -3.55. The van der Waals surface area contributed by atoms with E-state index in [0.717, 1.165) is 37.7 Å². The average Bonchev–Trinajstić information content (AvgIpc) is 3.39. The molecule has 2 aromatic rings. The van der Waals surface area contributed by atoms with E-state index in [0.29, 0.717) is 24.9 Å².